The van der Waals surface area contributed by atoms with Crippen LogP contribution in [0, 0.1) is 13.8 Å². The summed E-state index contributed by atoms with van der Waals surface area (Å²) in [5.41, 5.74) is 3.29. The standard InChI is InChI=1S/C21H25ClN4O3/c1-14-7-6-10-17(15(14)2)24-19(27)11-23-20(28)12-26(3)13-21(29)25-18-9-5-4-8-16(18)22/h4-10H,11-13H2,1-3H3,(H,23,28)(H,24,27)(H,25,29). The van der Waals surface area contributed by atoms with Crippen LogP contribution in [0.5, 0.6) is 0 Å². The van der Waals surface area contributed by atoms with E-state index in [2.05, 4.69) is 16.0 Å². The van der Waals surface area contributed by atoms with E-state index in [0.717, 1.165) is 16.8 Å². The molecule has 8 heteroatoms. The normalized spacial score (nSPS) is 10.5. The molecule has 0 aliphatic rings. The number of aryl methyl sites for hydroxylation is 1. The Morgan fingerprint density at radius 3 is 2.21 bits per heavy atom. The Kier molecular flexibility index (Phi) is 8.18. The first kappa shape index (κ1) is 22.4. The van der Waals surface area contributed by atoms with Crippen molar-refractivity contribution in [2.75, 3.05) is 37.3 Å². The van der Waals surface area contributed by atoms with Gasteiger partial charge in [-0.3, -0.25) is 19.3 Å². The van der Waals surface area contributed by atoms with Crippen molar-refractivity contribution in [1.29, 1.82) is 0 Å². The summed E-state index contributed by atoms with van der Waals surface area (Å²) in [7, 11) is 1.64. The molecule has 29 heavy (non-hydrogen) atoms. The van der Waals surface area contributed by atoms with E-state index in [1.165, 1.54) is 0 Å². The molecule has 0 unspecified atom stereocenters. The molecule has 3 amide bonds. The molecule has 0 atom stereocenters. The maximum Gasteiger partial charge on any atom is 0.243 e. The van der Waals surface area contributed by atoms with Crippen molar-refractivity contribution >= 4 is 40.7 Å². The number of rotatable bonds is 8. The number of benzene rings is 2. The molecule has 7 nitrogen and oxygen atoms in total. The smallest absolute Gasteiger partial charge is 0.243 e. The summed E-state index contributed by atoms with van der Waals surface area (Å²) >= 11 is 6.01. The first-order valence-corrected chi connectivity index (χ1v) is 9.49. The average Bonchev–Trinajstić information content (AvgIpc) is 2.65. The van der Waals surface area contributed by atoms with Crippen molar-refractivity contribution in [1.82, 2.24) is 10.2 Å². The SMILES string of the molecule is Cc1cccc(NC(=O)CNC(=O)CN(C)CC(=O)Nc2ccccc2Cl)c1C. The molecule has 0 saturated heterocycles. The van der Waals surface area contributed by atoms with Crippen LogP contribution >= 0.6 is 11.6 Å². The second kappa shape index (κ2) is 10.6. The van der Waals surface area contributed by atoms with Crippen LogP contribution in [0.25, 0.3) is 0 Å². The summed E-state index contributed by atoms with van der Waals surface area (Å²) < 4.78 is 0. The third-order valence-electron chi connectivity index (χ3n) is 4.30. The Bertz CT molecular complexity index is 901. The highest BCUT2D eigenvalue weighted by atomic mass is 35.5. The van der Waals surface area contributed by atoms with Crippen LogP contribution < -0.4 is 16.0 Å². The Hall–Kier alpha value is -2.90. The van der Waals surface area contributed by atoms with Gasteiger partial charge in [-0.25, -0.2) is 0 Å². The zero-order valence-electron chi connectivity index (χ0n) is 16.7. The van der Waals surface area contributed by atoms with Crippen LogP contribution in [-0.2, 0) is 14.4 Å². The third kappa shape index (κ3) is 7.21. The van der Waals surface area contributed by atoms with Crippen molar-refractivity contribution in [3.8, 4) is 0 Å². The monoisotopic (exact) mass is 416 g/mol. The number of amides is 3. The molecule has 3 N–H and O–H groups in total. The van der Waals surface area contributed by atoms with Gasteiger partial charge in [0, 0.05) is 5.69 Å². The van der Waals surface area contributed by atoms with E-state index in [0.29, 0.717) is 10.7 Å². The number of anilines is 2. The molecule has 0 aliphatic carbocycles. The van der Waals surface area contributed by atoms with Gasteiger partial charge in [0.1, 0.15) is 0 Å². The second-order valence-corrected chi connectivity index (χ2v) is 7.18. The number of nitrogens with one attached hydrogen (secondary N) is 3. The van der Waals surface area contributed by atoms with Gasteiger partial charge in [-0.2, -0.15) is 0 Å². The predicted octanol–water partition coefficient (Wildman–Crippen LogP) is 2.58. The number of carbonyl (C=O) groups is 3. The van der Waals surface area contributed by atoms with E-state index in [1.807, 2.05) is 32.0 Å². The Balaban J connectivity index is 1.74. The van der Waals surface area contributed by atoms with Crippen LogP contribution in [0.3, 0.4) is 0 Å². The number of para-hydroxylation sites is 1. The van der Waals surface area contributed by atoms with Crippen molar-refractivity contribution < 1.29 is 14.4 Å². The van der Waals surface area contributed by atoms with E-state index >= 15 is 0 Å². The number of likely N-dealkylation sites (N-methyl/N-ethyl adjacent to an activating group) is 1. The summed E-state index contributed by atoms with van der Waals surface area (Å²) in [5, 5.41) is 8.47. The lowest BCUT2D eigenvalue weighted by Crippen LogP contribution is -2.41. The number of nitrogens with zero attached hydrogens (tertiary/aromatic N) is 1. The molecule has 0 bridgehead atoms. The van der Waals surface area contributed by atoms with Crippen LogP contribution in [0.1, 0.15) is 11.1 Å². The molecular weight excluding hydrogens is 392 g/mol. The number of hydrogen-bond donors (Lipinski definition) is 3. The molecule has 0 saturated carbocycles. The van der Waals surface area contributed by atoms with Crippen molar-refractivity contribution in [3.63, 3.8) is 0 Å². The van der Waals surface area contributed by atoms with Gasteiger partial charge in [0.25, 0.3) is 0 Å². The van der Waals surface area contributed by atoms with Gasteiger partial charge in [-0.05, 0) is 50.2 Å². The lowest BCUT2D eigenvalue weighted by Gasteiger charge is -2.16. The fourth-order valence-electron chi connectivity index (χ4n) is 2.61. The highest BCUT2D eigenvalue weighted by Crippen LogP contribution is 2.20. The quantitative estimate of drug-likeness (QED) is 0.617. The minimum atomic E-state index is -0.353. The largest absolute Gasteiger partial charge is 0.346 e. The summed E-state index contributed by atoms with van der Waals surface area (Å²) in [5.74, 6) is -0.957. The zero-order valence-corrected chi connectivity index (χ0v) is 17.5. The highest BCUT2D eigenvalue weighted by molar-refractivity contribution is 6.33. The second-order valence-electron chi connectivity index (χ2n) is 6.77. The fraction of sp³-hybridized carbons (Fsp3) is 0.286. The average molecular weight is 417 g/mol. The molecule has 2 rings (SSSR count). The van der Waals surface area contributed by atoms with Gasteiger partial charge in [-0.1, -0.05) is 35.9 Å². The lowest BCUT2D eigenvalue weighted by atomic mass is 10.1. The molecule has 0 fully saturated rings. The summed E-state index contributed by atoms with van der Waals surface area (Å²) in [6.07, 6.45) is 0. The van der Waals surface area contributed by atoms with Crippen molar-refractivity contribution in [2.24, 2.45) is 0 Å². The summed E-state index contributed by atoms with van der Waals surface area (Å²) in [6.45, 7) is 3.72. The third-order valence-corrected chi connectivity index (χ3v) is 4.63. The Morgan fingerprint density at radius 2 is 1.48 bits per heavy atom. The molecule has 2 aromatic rings. The van der Waals surface area contributed by atoms with Crippen LogP contribution in [0.2, 0.25) is 5.02 Å². The summed E-state index contributed by atoms with van der Waals surface area (Å²) in [6, 6.07) is 12.5. The predicted molar refractivity (Wildman–Crippen MR) is 115 cm³/mol. The van der Waals surface area contributed by atoms with Crippen LogP contribution in [0.4, 0.5) is 11.4 Å². The van der Waals surface area contributed by atoms with E-state index in [-0.39, 0.29) is 37.4 Å². The molecular formula is C21H25ClN4O3. The molecule has 0 radical (unpaired) electrons. The minimum Gasteiger partial charge on any atom is -0.346 e. The summed E-state index contributed by atoms with van der Waals surface area (Å²) in [4.78, 5) is 37.7. The first-order valence-electron chi connectivity index (χ1n) is 9.12. The molecule has 0 heterocycles. The highest BCUT2D eigenvalue weighted by Gasteiger charge is 2.13. The van der Waals surface area contributed by atoms with Gasteiger partial charge in [0.05, 0.1) is 30.3 Å². The van der Waals surface area contributed by atoms with E-state index in [1.54, 1.807) is 36.2 Å². The van der Waals surface area contributed by atoms with E-state index in [4.69, 9.17) is 11.6 Å². The molecule has 154 valence electrons. The van der Waals surface area contributed by atoms with E-state index in [9.17, 15) is 14.4 Å². The van der Waals surface area contributed by atoms with Gasteiger partial charge in [0.15, 0.2) is 0 Å². The van der Waals surface area contributed by atoms with Crippen molar-refractivity contribution in [2.45, 2.75) is 13.8 Å². The van der Waals surface area contributed by atoms with Gasteiger partial charge < -0.3 is 16.0 Å². The molecule has 2 aromatic carbocycles. The van der Waals surface area contributed by atoms with Gasteiger partial charge in [-0.15, -0.1) is 0 Å². The Labute approximate surface area is 175 Å². The minimum absolute atomic E-state index is 0.00727. The van der Waals surface area contributed by atoms with Crippen LogP contribution in [-0.4, -0.2) is 49.3 Å². The zero-order chi connectivity index (χ0) is 21.4. The number of halogens is 1. The number of hydrogen-bond acceptors (Lipinski definition) is 4. The molecule has 0 spiro atoms. The lowest BCUT2D eigenvalue weighted by molar-refractivity contribution is -0.125. The fourth-order valence-corrected chi connectivity index (χ4v) is 2.80. The molecule has 0 aliphatic heterocycles. The first-order chi connectivity index (χ1) is 13.8. The van der Waals surface area contributed by atoms with E-state index < -0.39 is 0 Å². The van der Waals surface area contributed by atoms with Crippen molar-refractivity contribution in [3.05, 3.63) is 58.6 Å². The maximum absolute atomic E-state index is 12.1. The molecule has 0 aromatic heterocycles. The number of carbonyl (C=O) groups excluding carboxylic acids is 3. The van der Waals surface area contributed by atoms with Crippen LogP contribution in [0.15, 0.2) is 42.5 Å². The topological polar surface area (TPSA) is 90.5 Å². The maximum atomic E-state index is 12.1. The van der Waals surface area contributed by atoms with Gasteiger partial charge >= 0.3 is 0 Å². The Morgan fingerprint density at radius 1 is 0.862 bits per heavy atom. The van der Waals surface area contributed by atoms with Gasteiger partial charge in [0.2, 0.25) is 17.7 Å².